The molecule has 0 aliphatic rings. The SMILES string of the molecule is Nc1ncnc(Oc2ccccc2)c1Br. The topological polar surface area (TPSA) is 61.0 Å². The van der Waals surface area contributed by atoms with Crippen molar-refractivity contribution in [3.05, 3.63) is 41.1 Å². The summed E-state index contributed by atoms with van der Waals surface area (Å²) < 4.78 is 6.08. The highest BCUT2D eigenvalue weighted by molar-refractivity contribution is 9.10. The van der Waals surface area contributed by atoms with Crippen molar-refractivity contribution in [1.29, 1.82) is 0 Å². The monoisotopic (exact) mass is 265 g/mol. The molecule has 0 atom stereocenters. The standard InChI is InChI=1S/C10H8BrN3O/c11-8-9(12)13-6-14-10(8)15-7-4-2-1-3-5-7/h1-6H,(H2,12,13,14). The summed E-state index contributed by atoms with van der Waals surface area (Å²) >= 11 is 3.26. The van der Waals surface area contributed by atoms with Gasteiger partial charge in [-0.05, 0) is 28.1 Å². The van der Waals surface area contributed by atoms with Crippen molar-refractivity contribution < 1.29 is 4.74 Å². The molecule has 5 heteroatoms. The molecule has 0 saturated carbocycles. The summed E-state index contributed by atoms with van der Waals surface area (Å²) in [7, 11) is 0. The lowest BCUT2D eigenvalue weighted by molar-refractivity contribution is 0.458. The predicted molar refractivity (Wildman–Crippen MR) is 60.7 cm³/mol. The molecule has 0 radical (unpaired) electrons. The first-order valence-electron chi connectivity index (χ1n) is 4.26. The molecule has 0 aliphatic heterocycles. The molecule has 0 bridgehead atoms. The molecule has 1 aromatic heterocycles. The van der Waals surface area contributed by atoms with Crippen LogP contribution in [0.25, 0.3) is 0 Å². The Hall–Kier alpha value is -1.62. The largest absolute Gasteiger partial charge is 0.438 e. The van der Waals surface area contributed by atoms with E-state index in [-0.39, 0.29) is 0 Å². The summed E-state index contributed by atoms with van der Waals surface area (Å²) in [6, 6.07) is 9.35. The highest BCUT2D eigenvalue weighted by Crippen LogP contribution is 2.29. The molecule has 2 rings (SSSR count). The number of halogens is 1. The lowest BCUT2D eigenvalue weighted by atomic mass is 10.3. The maximum absolute atomic E-state index is 5.60. The minimum atomic E-state index is 0.357. The Balaban J connectivity index is 2.29. The van der Waals surface area contributed by atoms with Crippen LogP contribution in [0.2, 0.25) is 0 Å². The van der Waals surface area contributed by atoms with Gasteiger partial charge in [-0.25, -0.2) is 9.97 Å². The number of nitrogens with two attached hydrogens (primary N) is 1. The molecule has 0 spiro atoms. The third-order valence-corrected chi connectivity index (χ3v) is 2.49. The molecule has 0 saturated heterocycles. The van der Waals surface area contributed by atoms with Crippen LogP contribution in [-0.4, -0.2) is 9.97 Å². The van der Waals surface area contributed by atoms with Crippen LogP contribution in [0.1, 0.15) is 0 Å². The van der Waals surface area contributed by atoms with Crippen LogP contribution >= 0.6 is 15.9 Å². The van der Waals surface area contributed by atoms with Crippen molar-refractivity contribution >= 4 is 21.7 Å². The molecule has 0 amide bonds. The van der Waals surface area contributed by atoms with E-state index in [1.54, 1.807) is 0 Å². The number of nitrogens with zero attached hydrogens (tertiary/aromatic N) is 2. The van der Waals surface area contributed by atoms with Gasteiger partial charge < -0.3 is 10.5 Å². The van der Waals surface area contributed by atoms with Crippen molar-refractivity contribution in [3.63, 3.8) is 0 Å². The number of benzene rings is 1. The van der Waals surface area contributed by atoms with E-state index >= 15 is 0 Å². The molecule has 0 unspecified atom stereocenters. The van der Waals surface area contributed by atoms with Gasteiger partial charge >= 0.3 is 0 Å². The van der Waals surface area contributed by atoms with Crippen LogP contribution in [0, 0.1) is 0 Å². The average molecular weight is 266 g/mol. The number of hydrogen-bond donors (Lipinski definition) is 1. The molecule has 0 aliphatic carbocycles. The second kappa shape index (κ2) is 4.27. The first kappa shape index (κ1) is 9.92. The Morgan fingerprint density at radius 3 is 2.60 bits per heavy atom. The van der Waals surface area contributed by atoms with E-state index in [0.29, 0.717) is 21.9 Å². The van der Waals surface area contributed by atoms with Crippen LogP contribution in [0.5, 0.6) is 11.6 Å². The van der Waals surface area contributed by atoms with Gasteiger partial charge in [-0.2, -0.15) is 0 Å². The molecule has 1 heterocycles. The van der Waals surface area contributed by atoms with Crippen LogP contribution < -0.4 is 10.5 Å². The van der Waals surface area contributed by atoms with Gasteiger partial charge in [0.15, 0.2) is 0 Å². The van der Waals surface area contributed by atoms with Gasteiger partial charge in [-0.3, -0.25) is 0 Å². The van der Waals surface area contributed by atoms with Crippen molar-refractivity contribution in [2.45, 2.75) is 0 Å². The van der Waals surface area contributed by atoms with Crippen LogP contribution in [-0.2, 0) is 0 Å². The van der Waals surface area contributed by atoms with Gasteiger partial charge in [-0.1, -0.05) is 18.2 Å². The highest BCUT2D eigenvalue weighted by Gasteiger charge is 2.07. The average Bonchev–Trinajstić information content (AvgIpc) is 2.26. The van der Waals surface area contributed by atoms with E-state index in [4.69, 9.17) is 10.5 Å². The maximum Gasteiger partial charge on any atom is 0.238 e. The van der Waals surface area contributed by atoms with Gasteiger partial charge in [0.25, 0.3) is 0 Å². The van der Waals surface area contributed by atoms with Crippen LogP contribution in [0.15, 0.2) is 41.1 Å². The Kier molecular flexibility index (Phi) is 2.82. The van der Waals surface area contributed by atoms with E-state index < -0.39 is 0 Å². The fraction of sp³-hybridized carbons (Fsp3) is 0. The number of nitrogen functional groups attached to an aromatic ring is 1. The third kappa shape index (κ3) is 2.24. The Bertz CT molecular complexity index is 461. The normalized spacial score (nSPS) is 9.93. The van der Waals surface area contributed by atoms with E-state index in [9.17, 15) is 0 Å². The zero-order valence-corrected chi connectivity index (χ0v) is 9.31. The Labute approximate surface area is 95.2 Å². The van der Waals surface area contributed by atoms with E-state index in [1.165, 1.54) is 6.33 Å². The van der Waals surface area contributed by atoms with Crippen molar-refractivity contribution in [2.24, 2.45) is 0 Å². The fourth-order valence-electron chi connectivity index (χ4n) is 1.04. The summed E-state index contributed by atoms with van der Waals surface area (Å²) in [5.74, 6) is 1.47. The third-order valence-electron chi connectivity index (χ3n) is 1.74. The maximum atomic E-state index is 5.60. The minimum absolute atomic E-state index is 0.357. The molecule has 2 N–H and O–H groups in total. The fourth-order valence-corrected chi connectivity index (χ4v) is 1.32. The first-order chi connectivity index (χ1) is 7.27. The molecule has 0 fully saturated rings. The Morgan fingerprint density at radius 1 is 1.13 bits per heavy atom. The predicted octanol–water partition coefficient (Wildman–Crippen LogP) is 2.61. The summed E-state index contributed by atoms with van der Waals surface area (Å²) in [6.45, 7) is 0. The molecule has 2 aromatic rings. The zero-order valence-electron chi connectivity index (χ0n) is 7.72. The number of rotatable bonds is 2. The highest BCUT2D eigenvalue weighted by atomic mass is 79.9. The van der Waals surface area contributed by atoms with E-state index in [1.807, 2.05) is 30.3 Å². The second-order valence-corrected chi connectivity index (χ2v) is 3.59. The molecular weight excluding hydrogens is 258 g/mol. The summed E-state index contributed by atoms with van der Waals surface area (Å²) in [5.41, 5.74) is 5.60. The van der Waals surface area contributed by atoms with Gasteiger partial charge in [0.05, 0.1) is 0 Å². The van der Waals surface area contributed by atoms with E-state index in [0.717, 1.165) is 0 Å². The minimum Gasteiger partial charge on any atom is -0.438 e. The van der Waals surface area contributed by atoms with Gasteiger partial charge in [-0.15, -0.1) is 0 Å². The number of anilines is 1. The van der Waals surface area contributed by atoms with Gasteiger partial charge in [0.2, 0.25) is 5.88 Å². The number of aromatic nitrogens is 2. The van der Waals surface area contributed by atoms with Crippen molar-refractivity contribution in [2.75, 3.05) is 5.73 Å². The smallest absolute Gasteiger partial charge is 0.238 e. The molecule has 76 valence electrons. The molecule has 15 heavy (non-hydrogen) atoms. The summed E-state index contributed by atoms with van der Waals surface area (Å²) in [4.78, 5) is 7.79. The summed E-state index contributed by atoms with van der Waals surface area (Å²) in [5, 5.41) is 0. The quantitative estimate of drug-likeness (QED) is 0.907. The lowest BCUT2D eigenvalue weighted by Gasteiger charge is -2.06. The number of ether oxygens (including phenoxy) is 1. The number of para-hydroxylation sites is 1. The number of hydrogen-bond acceptors (Lipinski definition) is 4. The molecule has 1 aromatic carbocycles. The first-order valence-corrected chi connectivity index (χ1v) is 5.05. The molecule has 4 nitrogen and oxygen atoms in total. The lowest BCUT2D eigenvalue weighted by Crippen LogP contribution is -1.96. The van der Waals surface area contributed by atoms with Crippen LogP contribution in [0.4, 0.5) is 5.82 Å². The second-order valence-electron chi connectivity index (χ2n) is 2.79. The van der Waals surface area contributed by atoms with Gasteiger partial charge in [0, 0.05) is 0 Å². The molecular formula is C10H8BrN3O. The zero-order chi connectivity index (χ0) is 10.7. The van der Waals surface area contributed by atoms with Crippen LogP contribution in [0.3, 0.4) is 0 Å². The van der Waals surface area contributed by atoms with Crippen molar-refractivity contribution in [3.8, 4) is 11.6 Å². The van der Waals surface area contributed by atoms with Crippen molar-refractivity contribution in [1.82, 2.24) is 9.97 Å². The Morgan fingerprint density at radius 2 is 1.87 bits per heavy atom. The van der Waals surface area contributed by atoms with Gasteiger partial charge in [0.1, 0.15) is 22.4 Å². The van der Waals surface area contributed by atoms with E-state index in [2.05, 4.69) is 25.9 Å². The summed E-state index contributed by atoms with van der Waals surface area (Å²) in [6.07, 6.45) is 1.36.